The Labute approximate surface area is 177 Å². The van der Waals surface area contributed by atoms with Crippen molar-refractivity contribution < 1.29 is 4.79 Å². The Balaban J connectivity index is 2.20. The van der Waals surface area contributed by atoms with Crippen molar-refractivity contribution in [3.63, 3.8) is 0 Å². The zero-order valence-electron chi connectivity index (χ0n) is 15.6. The van der Waals surface area contributed by atoms with E-state index < -0.39 is 5.54 Å². The molecule has 3 nitrogen and oxygen atoms in total. The number of halogens is 2. The number of unbranched alkanes of at least 4 members (excludes halogenated alkanes) is 1. The second-order valence-corrected chi connectivity index (χ2v) is 9.11. The van der Waals surface area contributed by atoms with E-state index in [4.69, 9.17) is 0 Å². The molecule has 0 bridgehead atoms. The molecule has 0 aromatic heterocycles. The lowest BCUT2D eigenvalue weighted by Gasteiger charge is -2.35. The van der Waals surface area contributed by atoms with E-state index in [-0.39, 0.29) is 11.7 Å². The Morgan fingerprint density at radius 3 is 2.30 bits per heavy atom. The summed E-state index contributed by atoms with van der Waals surface area (Å²) in [4.78, 5) is 25.9. The SMILES string of the molecule is CCCCC(CC)CC1(N=O)C(=O)c2cc(Br)ccc2-c2ccc(Br)cc21. The second-order valence-electron chi connectivity index (χ2n) is 7.28. The number of benzene rings is 2. The number of nitroso groups, excluding NO2 is 1. The van der Waals surface area contributed by atoms with E-state index in [1.165, 1.54) is 0 Å². The molecule has 0 heterocycles. The van der Waals surface area contributed by atoms with Gasteiger partial charge in [0.05, 0.1) is 0 Å². The maximum atomic E-state index is 13.6. The Hall–Kier alpha value is -1.33. The summed E-state index contributed by atoms with van der Waals surface area (Å²) in [5.41, 5.74) is 1.73. The van der Waals surface area contributed by atoms with Gasteiger partial charge >= 0.3 is 0 Å². The third-order valence-electron chi connectivity index (χ3n) is 5.60. The molecule has 0 amide bonds. The molecule has 2 aromatic rings. The lowest BCUT2D eigenvalue weighted by atomic mass is 9.68. The van der Waals surface area contributed by atoms with Crippen LogP contribution in [0.1, 0.15) is 61.9 Å². The molecule has 0 saturated carbocycles. The number of rotatable bonds is 7. The van der Waals surface area contributed by atoms with Crippen molar-refractivity contribution in [3.8, 4) is 11.1 Å². The Morgan fingerprint density at radius 2 is 1.67 bits per heavy atom. The summed E-state index contributed by atoms with van der Waals surface area (Å²) in [7, 11) is 0. The number of carbonyl (C=O) groups excluding carboxylic acids is 1. The van der Waals surface area contributed by atoms with Gasteiger partial charge in [-0.15, -0.1) is 4.91 Å². The molecular weight excluding hydrogens is 470 g/mol. The molecule has 2 unspecified atom stereocenters. The fraction of sp³-hybridized carbons (Fsp3) is 0.409. The first kappa shape index (κ1) is 20.4. The van der Waals surface area contributed by atoms with Crippen LogP contribution in [-0.2, 0) is 5.54 Å². The van der Waals surface area contributed by atoms with Gasteiger partial charge in [0.1, 0.15) is 0 Å². The van der Waals surface area contributed by atoms with E-state index in [9.17, 15) is 9.70 Å². The highest BCUT2D eigenvalue weighted by atomic mass is 79.9. The number of Topliss-reactive ketones (excluding diaryl/α,β-unsaturated/α-hetero) is 1. The molecule has 1 aliphatic rings. The summed E-state index contributed by atoms with van der Waals surface area (Å²) >= 11 is 6.96. The van der Waals surface area contributed by atoms with E-state index in [0.717, 1.165) is 51.3 Å². The average molecular weight is 493 g/mol. The molecule has 0 fully saturated rings. The van der Waals surface area contributed by atoms with Gasteiger partial charge in [-0.3, -0.25) is 4.79 Å². The molecule has 2 aromatic carbocycles. The van der Waals surface area contributed by atoms with E-state index in [1.54, 1.807) is 0 Å². The topological polar surface area (TPSA) is 46.5 Å². The molecule has 5 heteroatoms. The van der Waals surface area contributed by atoms with Gasteiger partial charge in [0.2, 0.25) is 0 Å². The Kier molecular flexibility index (Phi) is 6.32. The Bertz CT molecular complexity index is 881. The van der Waals surface area contributed by atoms with Gasteiger partial charge < -0.3 is 0 Å². The van der Waals surface area contributed by atoms with Gasteiger partial charge in [-0.05, 0) is 58.5 Å². The van der Waals surface area contributed by atoms with Crippen LogP contribution in [0, 0.1) is 10.8 Å². The van der Waals surface area contributed by atoms with E-state index >= 15 is 0 Å². The van der Waals surface area contributed by atoms with Crippen LogP contribution in [0.15, 0.2) is 50.5 Å². The van der Waals surface area contributed by atoms with Crippen molar-refractivity contribution >= 4 is 37.6 Å². The Morgan fingerprint density at radius 1 is 1.00 bits per heavy atom. The third kappa shape index (κ3) is 3.68. The van der Waals surface area contributed by atoms with Gasteiger partial charge in [-0.25, -0.2) is 0 Å². The molecule has 0 N–H and O–H groups in total. The van der Waals surface area contributed by atoms with Crippen molar-refractivity contribution in [1.82, 2.24) is 0 Å². The summed E-state index contributed by atoms with van der Waals surface area (Å²) in [6.07, 6.45) is 4.59. The molecule has 0 radical (unpaired) electrons. The lowest BCUT2D eigenvalue weighted by molar-refractivity contribution is 0.0854. The predicted octanol–water partition coefficient (Wildman–Crippen LogP) is 7.64. The summed E-state index contributed by atoms with van der Waals surface area (Å²) in [6, 6.07) is 11.5. The van der Waals surface area contributed by atoms with Gasteiger partial charge in [0.25, 0.3) is 0 Å². The quantitative estimate of drug-likeness (QED) is 0.372. The highest BCUT2D eigenvalue weighted by Gasteiger charge is 2.49. The molecule has 27 heavy (non-hydrogen) atoms. The molecule has 0 spiro atoms. The minimum absolute atomic E-state index is 0.186. The molecule has 3 rings (SSSR count). The van der Waals surface area contributed by atoms with Crippen molar-refractivity contribution in [1.29, 1.82) is 0 Å². The zero-order chi connectivity index (χ0) is 19.6. The minimum Gasteiger partial charge on any atom is -0.291 e. The summed E-state index contributed by atoms with van der Waals surface area (Å²) in [5, 5.41) is 3.53. The first-order valence-corrected chi connectivity index (χ1v) is 11.0. The maximum absolute atomic E-state index is 13.6. The van der Waals surface area contributed by atoms with Crippen LogP contribution in [-0.4, -0.2) is 5.78 Å². The van der Waals surface area contributed by atoms with Crippen LogP contribution >= 0.6 is 31.9 Å². The van der Waals surface area contributed by atoms with Crippen molar-refractivity contribution in [2.75, 3.05) is 0 Å². The van der Waals surface area contributed by atoms with Crippen LogP contribution in [0.25, 0.3) is 11.1 Å². The fourth-order valence-electron chi connectivity index (χ4n) is 4.07. The van der Waals surface area contributed by atoms with Crippen LogP contribution in [0.4, 0.5) is 0 Å². The van der Waals surface area contributed by atoms with Gasteiger partial charge in [0.15, 0.2) is 11.3 Å². The standard InChI is InChI=1S/C22H23Br2NO2/c1-3-5-6-14(4-2)13-22(25-27)20-12-16(24)8-10-18(20)17-9-7-15(23)11-19(17)21(22)26/h7-12,14H,3-6,13H2,1-2H3. The summed E-state index contributed by atoms with van der Waals surface area (Å²) in [5.74, 6) is 0.0986. The van der Waals surface area contributed by atoms with Crippen LogP contribution < -0.4 is 0 Å². The normalized spacial score (nSPS) is 19.3. The summed E-state index contributed by atoms with van der Waals surface area (Å²) in [6.45, 7) is 4.28. The molecule has 142 valence electrons. The van der Waals surface area contributed by atoms with Crippen molar-refractivity contribution in [3.05, 3.63) is 61.4 Å². The highest BCUT2D eigenvalue weighted by Crippen LogP contribution is 2.49. The zero-order valence-corrected chi connectivity index (χ0v) is 18.8. The van der Waals surface area contributed by atoms with E-state index in [1.807, 2.05) is 36.4 Å². The molecular formula is C22H23Br2NO2. The molecule has 0 saturated heterocycles. The van der Waals surface area contributed by atoms with Gasteiger partial charge in [-0.1, -0.05) is 83.5 Å². The first-order chi connectivity index (χ1) is 13.0. The van der Waals surface area contributed by atoms with Crippen molar-refractivity contribution in [2.24, 2.45) is 11.1 Å². The number of ketones is 1. The maximum Gasteiger partial charge on any atom is 0.199 e. The number of hydrogen-bond acceptors (Lipinski definition) is 3. The largest absolute Gasteiger partial charge is 0.291 e. The number of hydrogen-bond donors (Lipinski definition) is 0. The van der Waals surface area contributed by atoms with E-state index in [0.29, 0.717) is 12.0 Å². The number of carbonyl (C=O) groups is 1. The predicted molar refractivity (Wildman–Crippen MR) is 117 cm³/mol. The molecule has 0 aliphatic heterocycles. The summed E-state index contributed by atoms with van der Waals surface area (Å²) < 4.78 is 1.68. The fourth-order valence-corrected chi connectivity index (χ4v) is 4.79. The van der Waals surface area contributed by atoms with E-state index in [2.05, 4.69) is 50.9 Å². The third-order valence-corrected chi connectivity index (χ3v) is 6.59. The second kappa shape index (κ2) is 8.36. The highest BCUT2D eigenvalue weighted by molar-refractivity contribution is 9.10. The number of nitrogens with zero attached hydrogens (tertiary/aromatic N) is 1. The smallest absolute Gasteiger partial charge is 0.199 e. The van der Waals surface area contributed by atoms with Gasteiger partial charge in [0, 0.05) is 14.5 Å². The van der Waals surface area contributed by atoms with Crippen molar-refractivity contribution in [2.45, 2.75) is 51.5 Å². The molecule has 2 atom stereocenters. The van der Waals surface area contributed by atoms with Crippen LogP contribution in [0.3, 0.4) is 0 Å². The van der Waals surface area contributed by atoms with Crippen LogP contribution in [0.5, 0.6) is 0 Å². The first-order valence-electron chi connectivity index (χ1n) is 9.46. The van der Waals surface area contributed by atoms with Gasteiger partial charge in [-0.2, -0.15) is 0 Å². The number of fused-ring (bicyclic) bond motifs is 3. The average Bonchev–Trinajstić information content (AvgIpc) is 2.68. The minimum atomic E-state index is -1.36. The van der Waals surface area contributed by atoms with Crippen LogP contribution in [0.2, 0.25) is 0 Å². The molecule has 1 aliphatic carbocycles. The monoisotopic (exact) mass is 491 g/mol. The lowest BCUT2D eigenvalue weighted by Crippen LogP contribution is -2.39.